The SMILES string of the molecule is CN1c2cc(Br)ccc2CS1(=O)=O. The largest absolute Gasteiger partial charge is 0.273 e. The summed E-state index contributed by atoms with van der Waals surface area (Å²) in [6, 6.07) is 5.51. The number of fused-ring (bicyclic) bond motifs is 1. The van der Waals surface area contributed by atoms with Gasteiger partial charge in [-0.05, 0) is 17.7 Å². The van der Waals surface area contributed by atoms with Crippen molar-refractivity contribution < 1.29 is 8.42 Å². The van der Waals surface area contributed by atoms with Gasteiger partial charge in [0.15, 0.2) is 0 Å². The highest BCUT2D eigenvalue weighted by atomic mass is 79.9. The van der Waals surface area contributed by atoms with Crippen molar-refractivity contribution in [3.8, 4) is 0 Å². The molecule has 0 radical (unpaired) electrons. The van der Waals surface area contributed by atoms with Crippen LogP contribution in [-0.4, -0.2) is 15.5 Å². The van der Waals surface area contributed by atoms with E-state index in [-0.39, 0.29) is 5.75 Å². The standard InChI is InChI=1S/C8H8BrNO2S/c1-10-8-4-7(9)3-2-6(8)5-13(10,11)12/h2-4H,5H2,1H3. The molecular formula is C8H8BrNO2S. The highest BCUT2D eigenvalue weighted by Crippen LogP contribution is 2.33. The summed E-state index contributed by atoms with van der Waals surface area (Å²) in [6.45, 7) is 0. The molecule has 1 aromatic carbocycles. The molecule has 3 nitrogen and oxygen atoms in total. The van der Waals surface area contributed by atoms with Crippen molar-refractivity contribution in [2.24, 2.45) is 0 Å². The fourth-order valence-electron chi connectivity index (χ4n) is 1.40. The first-order chi connectivity index (χ1) is 6.00. The zero-order valence-corrected chi connectivity index (χ0v) is 9.39. The van der Waals surface area contributed by atoms with Crippen molar-refractivity contribution in [2.75, 3.05) is 11.4 Å². The summed E-state index contributed by atoms with van der Waals surface area (Å²) in [5.41, 5.74) is 1.64. The molecule has 0 saturated heterocycles. The number of nitrogens with zero attached hydrogens (tertiary/aromatic N) is 1. The fraction of sp³-hybridized carbons (Fsp3) is 0.250. The number of anilines is 1. The van der Waals surface area contributed by atoms with Crippen molar-refractivity contribution in [3.63, 3.8) is 0 Å². The second-order valence-electron chi connectivity index (χ2n) is 3.00. The van der Waals surface area contributed by atoms with Crippen LogP contribution in [0.15, 0.2) is 22.7 Å². The van der Waals surface area contributed by atoms with E-state index in [4.69, 9.17) is 0 Å². The van der Waals surface area contributed by atoms with Gasteiger partial charge in [-0.2, -0.15) is 0 Å². The third-order valence-corrected chi connectivity index (χ3v) is 4.34. The summed E-state index contributed by atoms with van der Waals surface area (Å²) in [5, 5.41) is 0. The van der Waals surface area contributed by atoms with E-state index in [2.05, 4.69) is 15.9 Å². The maximum Gasteiger partial charge on any atom is 0.239 e. The molecule has 0 N–H and O–H groups in total. The Morgan fingerprint density at radius 2 is 2.15 bits per heavy atom. The smallest absolute Gasteiger partial charge is 0.239 e. The molecule has 0 fully saturated rings. The summed E-state index contributed by atoms with van der Waals surface area (Å²) in [6.07, 6.45) is 0. The average molecular weight is 262 g/mol. The molecule has 1 aromatic rings. The first kappa shape index (κ1) is 9.02. The zero-order chi connectivity index (χ0) is 9.64. The minimum absolute atomic E-state index is 0.117. The molecule has 1 aliphatic rings. The Morgan fingerprint density at radius 3 is 2.85 bits per heavy atom. The van der Waals surface area contributed by atoms with Crippen molar-refractivity contribution >= 4 is 31.6 Å². The molecule has 13 heavy (non-hydrogen) atoms. The van der Waals surface area contributed by atoms with Crippen LogP contribution < -0.4 is 4.31 Å². The van der Waals surface area contributed by atoms with Gasteiger partial charge in [-0.3, -0.25) is 4.31 Å². The van der Waals surface area contributed by atoms with E-state index in [9.17, 15) is 8.42 Å². The third-order valence-electron chi connectivity index (χ3n) is 2.14. The lowest BCUT2D eigenvalue weighted by Gasteiger charge is -2.10. The van der Waals surface area contributed by atoms with Crippen molar-refractivity contribution in [1.82, 2.24) is 0 Å². The second-order valence-corrected chi connectivity index (χ2v) is 5.91. The summed E-state index contributed by atoms with van der Waals surface area (Å²) >= 11 is 3.31. The Kier molecular flexibility index (Phi) is 1.89. The lowest BCUT2D eigenvalue weighted by atomic mass is 10.2. The first-order valence-corrected chi connectivity index (χ1v) is 6.16. The Hall–Kier alpha value is -0.550. The number of halogens is 1. The molecule has 0 saturated carbocycles. The van der Waals surface area contributed by atoms with E-state index in [0.717, 1.165) is 15.7 Å². The monoisotopic (exact) mass is 261 g/mol. The third kappa shape index (κ3) is 1.36. The maximum absolute atomic E-state index is 11.4. The molecule has 70 valence electrons. The zero-order valence-electron chi connectivity index (χ0n) is 6.99. The van der Waals surface area contributed by atoms with Gasteiger partial charge in [0.25, 0.3) is 0 Å². The number of benzene rings is 1. The fourth-order valence-corrected chi connectivity index (χ4v) is 3.04. The quantitative estimate of drug-likeness (QED) is 0.714. The molecule has 0 unspecified atom stereocenters. The van der Waals surface area contributed by atoms with Gasteiger partial charge in [0.1, 0.15) is 0 Å². The van der Waals surface area contributed by atoms with Gasteiger partial charge < -0.3 is 0 Å². The molecule has 0 aromatic heterocycles. The summed E-state index contributed by atoms with van der Waals surface area (Å²) < 4.78 is 25.1. The molecule has 0 aliphatic carbocycles. The second kappa shape index (κ2) is 2.72. The van der Waals surface area contributed by atoms with E-state index in [1.165, 1.54) is 4.31 Å². The van der Waals surface area contributed by atoms with Crippen LogP contribution in [0.2, 0.25) is 0 Å². The van der Waals surface area contributed by atoms with Gasteiger partial charge in [0.05, 0.1) is 11.4 Å². The number of hydrogen-bond acceptors (Lipinski definition) is 2. The van der Waals surface area contributed by atoms with E-state index >= 15 is 0 Å². The van der Waals surface area contributed by atoms with Gasteiger partial charge in [0.2, 0.25) is 10.0 Å². The minimum Gasteiger partial charge on any atom is -0.273 e. The maximum atomic E-state index is 11.4. The molecule has 0 amide bonds. The molecule has 0 spiro atoms. The van der Waals surface area contributed by atoms with Crippen LogP contribution in [0.25, 0.3) is 0 Å². The van der Waals surface area contributed by atoms with Gasteiger partial charge in [-0.25, -0.2) is 8.42 Å². The van der Waals surface area contributed by atoms with Crippen molar-refractivity contribution in [3.05, 3.63) is 28.2 Å². The lowest BCUT2D eigenvalue weighted by molar-refractivity contribution is 0.596. The molecule has 5 heteroatoms. The Bertz CT molecular complexity index is 455. The number of hydrogen-bond donors (Lipinski definition) is 0. The lowest BCUT2D eigenvalue weighted by Crippen LogP contribution is -2.20. The normalized spacial score (nSPS) is 18.8. The van der Waals surface area contributed by atoms with Gasteiger partial charge in [-0.15, -0.1) is 0 Å². The van der Waals surface area contributed by atoms with Crippen molar-refractivity contribution in [1.29, 1.82) is 0 Å². The highest BCUT2D eigenvalue weighted by molar-refractivity contribution is 9.10. The van der Waals surface area contributed by atoms with Crippen LogP contribution in [0.4, 0.5) is 5.69 Å². The molecule has 2 rings (SSSR count). The highest BCUT2D eigenvalue weighted by Gasteiger charge is 2.29. The van der Waals surface area contributed by atoms with Crippen LogP contribution in [0.5, 0.6) is 0 Å². The van der Waals surface area contributed by atoms with Gasteiger partial charge >= 0.3 is 0 Å². The number of rotatable bonds is 0. The van der Waals surface area contributed by atoms with Gasteiger partial charge in [0, 0.05) is 11.5 Å². The molecule has 1 aliphatic heterocycles. The van der Waals surface area contributed by atoms with Gasteiger partial charge in [-0.1, -0.05) is 22.0 Å². The average Bonchev–Trinajstić information content (AvgIpc) is 2.26. The van der Waals surface area contributed by atoms with Crippen molar-refractivity contribution in [2.45, 2.75) is 5.75 Å². The Morgan fingerprint density at radius 1 is 1.46 bits per heavy atom. The summed E-state index contributed by atoms with van der Waals surface area (Å²) in [7, 11) is -1.51. The molecule has 0 atom stereocenters. The molecule has 1 heterocycles. The summed E-state index contributed by atoms with van der Waals surface area (Å²) in [5.74, 6) is 0.117. The van der Waals surface area contributed by atoms with Crippen LogP contribution in [-0.2, 0) is 15.8 Å². The predicted molar refractivity (Wildman–Crippen MR) is 55.2 cm³/mol. The molecular weight excluding hydrogens is 254 g/mol. The van der Waals surface area contributed by atoms with E-state index < -0.39 is 10.0 Å². The minimum atomic E-state index is -3.09. The van der Waals surface area contributed by atoms with E-state index in [1.54, 1.807) is 7.05 Å². The first-order valence-electron chi connectivity index (χ1n) is 3.76. The predicted octanol–water partition coefficient (Wildman–Crippen LogP) is 1.73. The summed E-state index contributed by atoms with van der Waals surface area (Å²) in [4.78, 5) is 0. The van der Waals surface area contributed by atoms with E-state index in [1.807, 2.05) is 18.2 Å². The van der Waals surface area contributed by atoms with Crippen LogP contribution in [0, 0.1) is 0 Å². The molecule has 0 bridgehead atoms. The van der Waals surface area contributed by atoms with Crippen LogP contribution >= 0.6 is 15.9 Å². The topological polar surface area (TPSA) is 37.4 Å². The van der Waals surface area contributed by atoms with Crippen LogP contribution in [0.1, 0.15) is 5.56 Å². The Balaban J connectivity index is 2.64. The van der Waals surface area contributed by atoms with Crippen LogP contribution in [0.3, 0.4) is 0 Å². The van der Waals surface area contributed by atoms with E-state index in [0.29, 0.717) is 0 Å². The number of sulfonamides is 1. The Labute approximate surface area is 85.5 Å².